The van der Waals surface area contributed by atoms with E-state index in [4.69, 9.17) is 18.8 Å². The van der Waals surface area contributed by atoms with E-state index in [2.05, 4.69) is 0 Å². The summed E-state index contributed by atoms with van der Waals surface area (Å²) in [6, 6.07) is 1.89. The van der Waals surface area contributed by atoms with Gasteiger partial charge in [-0.3, -0.25) is 13.6 Å². The van der Waals surface area contributed by atoms with Gasteiger partial charge in [-0.1, -0.05) is 0 Å². The third-order valence-corrected chi connectivity index (χ3v) is 3.48. The minimum absolute atomic E-state index is 0.0766. The summed E-state index contributed by atoms with van der Waals surface area (Å²) in [6.07, 6.45) is 0.615. The van der Waals surface area contributed by atoms with E-state index in [0.717, 1.165) is 0 Å². The van der Waals surface area contributed by atoms with Crippen LogP contribution in [0, 0.1) is 11.3 Å². The summed E-state index contributed by atoms with van der Waals surface area (Å²) in [5, 5.41) is 8.28. The summed E-state index contributed by atoms with van der Waals surface area (Å²) >= 11 is 0. The van der Waals surface area contributed by atoms with Crippen LogP contribution in [0.4, 0.5) is 0 Å². The number of nitriles is 1. The van der Waals surface area contributed by atoms with Crippen molar-refractivity contribution < 1.29 is 18.1 Å². The Kier molecular flexibility index (Phi) is 4.09. The van der Waals surface area contributed by atoms with Gasteiger partial charge in [0.25, 0.3) is 0 Å². The van der Waals surface area contributed by atoms with Crippen molar-refractivity contribution in [2.24, 2.45) is 0 Å². The maximum atomic E-state index is 11.8. The van der Waals surface area contributed by atoms with Crippen LogP contribution < -0.4 is 0 Å². The van der Waals surface area contributed by atoms with Gasteiger partial charge in [-0.25, -0.2) is 4.57 Å². The first-order valence-electron chi connectivity index (χ1n) is 4.54. The summed E-state index contributed by atoms with van der Waals surface area (Å²) in [5.41, 5.74) is 0. The van der Waals surface area contributed by atoms with Gasteiger partial charge in [-0.2, -0.15) is 5.26 Å². The largest absolute Gasteiger partial charge is 0.475 e. The van der Waals surface area contributed by atoms with E-state index in [1.54, 1.807) is 0 Å². The number of hydrogen-bond acceptors (Lipinski definition) is 5. The highest BCUT2D eigenvalue weighted by atomic mass is 31.2. The fourth-order valence-corrected chi connectivity index (χ4v) is 2.82. The molecule has 6 heteroatoms. The smallest absolute Gasteiger partial charge is 0.286 e. The van der Waals surface area contributed by atoms with Crippen molar-refractivity contribution in [3.63, 3.8) is 0 Å². The second kappa shape index (κ2) is 4.90. The van der Waals surface area contributed by atoms with Gasteiger partial charge in [0, 0.05) is 6.42 Å². The van der Waals surface area contributed by atoms with Gasteiger partial charge in [-0.15, -0.1) is 0 Å². The molecule has 0 N–H and O–H groups in total. The molecule has 0 aliphatic carbocycles. The van der Waals surface area contributed by atoms with Gasteiger partial charge in [0.2, 0.25) is 0 Å². The molecule has 80 valence electrons. The standard InChI is InChI=1S/C8H14NO4P/c1-7-6-8(2)13-14(10,12-7)11-5-3-4-9/h7-8H,3,5-6H2,1-2H3/t7-,8-/m1/s1. The molecule has 2 atom stereocenters. The Labute approximate surface area is 83.6 Å². The van der Waals surface area contributed by atoms with E-state index in [0.29, 0.717) is 6.42 Å². The summed E-state index contributed by atoms with van der Waals surface area (Å²) in [4.78, 5) is 0. The molecule has 1 aliphatic rings. The minimum atomic E-state index is -3.41. The summed E-state index contributed by atoms with van der Waals surface area (Å²) in [7, 11) is -3.41. The minimum Gasteiger partial charge on any atom is -0.286 e. The lowest BCUT2D eigenvalue weighted by molar-refractivity contribution is 0.00343. The average Bonchev–Trinajstić information content (AvgIpc) is 2.01. The zero-order valence-corrected chi connectivity index (χ0v) is 9.20. The molecule has 1 fully saturated rings. The third kappa shape index (κ3) is 3.39. The zero-order valence-electron chi connectivity index (χ0n) is 8.30. The Morgan fingerprint density at radius 1 is 1.50 bits per heavy atom. The van der Waals surface area contributed by atoms with Crippen LogP contribution in [0.2, 0.25) is 0 Å². The second-order valence-corrected chi connectivity index (χ2v) is 4.83. The molecule has 5 nitrogen and oxygen atoms in total. The Morgan fingerprint density at radius 3 is 2.57 bits per heavy atom. The lowest BCUT2D eigenvalue weighted by Crippen LogP contribution is -2.24. The Balaban J connectivity index is 2.47. The van der Waals surface area contributed by atoms with Crippen molar-refractivity contribution in [2.45, 2.75) is 38.9 Å². The molecule has 0 amide bonds. The highest BCUT2D eigenvalue weighted by Gasteiger charge is 2.36. The summed E-state index contributed by atoms with van der Waals surface area (Å²) < 4.78 is 26.9. The van der Waals surface area contributed by atoms with E-state index in [9.17, 15) is 4.57 Å². The molecule has 1 heterocycles. The third-order valence-electron chi connectivity index (χ3n) is 1.75. The van der Waals surface area contributed by atoms with Crippen LogP contribution in [-0.4, -0.2) is 18.8 Å². The highest BCUT2D eigenvalue weighted by Crippen LogP contribution is 2.55. The van der Waals surface area contributed by atoms with Crippen LogP contribution in [-0.2, 0) is 18.1 Å². The van der Waals surface area contributed by atoms with E-state index in [1.807, 2.05) is 19.9 Å². The van der Waals surface area contributed by atoms with Gasteiger partial charge in [0.1, 0.15) is 0 Å². The summed E-state index contributed by atoms with van der Waals surface area (Å²) in [6.45, 7) is 3.71. The lowest BCUT2D eigenvalue weighted by atomic mass is 10.2. The first-order valence-corrected chi connectivity index (χ1v) is 6.00. The number of hydrogen-bond donors (Lipinski definition) is 0. The molecule has 0 aromatic heterocycles. The number of phosphoric acid groups is 1. The molecule has 1 aliphatic heterocycles. The van der Waals surface area contributed by atoms with Crippen molar-refractivity contribution in [3.8, 4) is 6.07 Å². The zero-order chi connectivity index (χ0) is 10.6. The first-order chi connectivity index (χ1) is 6.56. The molecule has 1 saturated heterocycles. The predicted molar refractivity (Wildman–Crippen MR) is 49.5 cm³/mol. The average molecular weight is 219 g/mol. The van der Waals surface area contributed by atoms with Crippen LogP contribution >= 0.6 is 7.82 Å². The second-order valence-electron chi connectivity index (χ2n) is 3.26. The molecule has 0 saturated carbocycles. The molecular weight excluding hydrogens is 205 g/mol. The topological polar surface area (TPSA) is 68.5 Å². The number of rotatable bonds is 3. The van der Waals surface area contributed by atoms with Crippen LogP contribution in [0.25, 0.3) is 0 Å². The van der Waals surface area contributed by atoms with Gasteiger partial charge in [0.15, 0.2) is 0 Å². The van der Waals surface area contributed by atoms with E-state index >= 15 is 0 Å². The number of nitrogens with zero attached hydrogens (tertiary/aromatic N) is 1. The fraction of sp³-hybridized carbons (Fsp3) is 0.875. The van der Waals surface area contributed by atoms with Crippen molar-refractivity contribution in [1.82, 2.24) is 0 Å². The van der Waals surface area contributed by atoms with Gasteiger partial charge >= 0.3 is 7.82 Å². The van der Waals surface area contributed by atoms with Crippen molar-refractivity contribution in [1.29, 1.82) is 5.26 Å². The lowest BCUT2D eigenvalue weighted by Gasteiger charge is -2.30. The van der Waals surface area contributed by atoms with Gasteiger partial charge < -0.3 is 0 Å². The first kappa shape index (κ1) is 11.7. The molecule has 0 spiro atoms. The van der Waals surface area contributed by atoms with Crippen molar-refractivity contribution >= 4 is 7.82 Å². The Morgan fingerprint density at radius 2 is 2.07 bits per heavy atom. The molecule has 0 aromatic carbocycles. The maximum Gasteiger partial charge on any atom is 0.475 e. The normalized spacial score (nSPS) is 37.8. The monoisotopic (exact) mass is 219 g/mol. The van der Waals surface area contributed by atoms with E-state index in [-0.39, 0.29) is 25.2 Å². The molecule has 14 heavy (non-hydrogen) atoms. The fourth-order valence-electron chi connectivity index (χ4n) is 1.28. The molecule has 0 unspecified atom stereocenters. The maximum absolute atomic E-state index is 11.8. The molecule has 1 rings (SSSR count). The predicted octanol–water partition coefficient (Wildman–Crippen LogP) is 2.24. The molecule has 0 radical (unpaired) electrons. The van der Waals surface area contributed by atoms with Crippen molar-refractivity contribution in [3.05, 3.63) is 0 Å². The van der Waals surface area contributed by atoms with Crippen LogP contribution in [0.1, 0.15) is 26.7 Å². The Bertz CT molecular complexity index is 261. The van der Waals surface area contributed by atoms with E-state index in [1.165, 1.54) is 0 Å². The van der Waals surface area contributed by atoms with Gasteiger partial charge in [-0.05, 0) is 13.8 Å². The van der Waals surface area contributed by atoms with E-state index < -0.39 is 7.82 Å². The summed E-state index contributed by atoms with van der Waals surface area (Å²) in [5.74, 6) is 0. The molecule has 0 bridgehead atoms. The van der Waals surface area contributed by atoms with Crippen molar-refractivity contribution in [2.75, 3.05) is 6.61 Å². The molecular formula is C8H14NO4P. The Hall–Kier alpha value is -0.400. The van der Waals surface area contributed by atoms with Gasteiger partial charge in [0.05, 0.1) is 31.3 Å². The van der Waals surface area contributed by atoms with Crippen LogP contribution in [0.3, 0.4) is 0 Å². The van der Waals surface area contributed by atoms with Crippen LogP contribution in [0.5, 0.6) is 0 Å². The quantitative estimate of drug-likeness (QED) is 0.537. The molecule has 0 aromatic rings. The van der Waals surface area contributed by atoms with Crippen LogP contribution in [0.15, 0.2) is 0 Å². The number of phosphoric ester groups is 1. The SMILES string of the molecule is C[C@@H]1C[C@@H](C)OP(=O)(OCCC#N)O1. The highest BCUT2D eigenvalue weighted by molar-refractivity contribution is 7.48.